The summed E-state index contributed by atoms with van der Waals surface area (Å²) < 4.78 is 81.4. The topological polar surface area (TPSA) is 95.0 Å². The summed E-state index contributed by atoms with van der Waals surface area (Å²) in [7, 11) is 0. The molecule has 3 N–H and O–H groups in total. The lowest BCUT2D eigenvalue weighted by Crippen LogP contribution is -2.36. The molecule has 1 aliphatic rings. The van der Waals surface area contributed by atoms with Gasteiger partial charge in [0.25, 0.3) is 0 Å². The van der Waals surface area contributed by atoms with Gasteiger partial charge in [0.05, 0.1) is 34.5 Å². The molecule has 2 aromatic carbocycles. The number of benzene rings is 2. The Morgan fingerprint density at radius 2 is 1.67 bits per heavy atom. The van der Waals surface area contributed by atoms with Gasteiger partial charge in [0, 0.05) is 44.0 Å². The van der Waals surface area contributed by atoms with Crippen LogP contribution in [0.2, 0.25) is 0 Å². The second kappa shape index (κ2) is 12.8. The van der Waals surface area contributed by atoms with E-state index in [-0.39, 0.29) is 30.5 Å². The molecule has 3 aromatic rings. The lowest BCUT2D eigenvalue weighted by molar-refractivity contribution is -0.144. The molecule has 1 aromatic heterocycles. The minimum atomic E-state index is -5.00. The molecule has 7 nitrogen and oxygen atoms in total. The van der Waals surface area contributed by atoms with Crippen LogP contribution in [0.3, 0.4) is 0 Å². The first kappa shape index (κ1) is 31.4. The summed E-state index contributed by atoms with van der Waals surface area (Å²) in [6, 6.07) is 10.4. The standard InChI is InChI=1S/C30H29F6N5O2/c1-19(39-16-26(15-37)40-10-7-22(8-11-40)28(42)43)41(18-23-5-2-4-21-6-3-9-38-27(21)23)17-20-12-24(29(31,32)33)14-25(13-20)30(34,35)36/h2-6,9,12-16,22H,1,7-8,10-11,17-18,37H2,(H,42,43)/b26-15+,39-16-. The Balaban J connectivity index is 1.67. The van der Waals surface area contributed by atoms with Crippen LogP contribution in [0.5, 0.6) is 0 Å². The average molecular weight is 606 g/mol. The van der Waals surface area contributed by atoms with Crippen LogP contribution in [-0.4, -0.2) is 45.2 Å². The molecule has 2 heterocycles. The number of carbonyl (C=O) groups is 1. The molecule has 0 saturated carbocycles. The van der Waals surface area contributed by atoms with E-state index in [1.165, 1.54) is 17.3 Å². The fourth-order valence-corrected chi connectivity index (χ4v) is 4.91. The first-order chi connectivity index (χ1) is 20.3. The van der Waals surface area contributed by atoms with E-state index in [1.54, 1.807) is 24.4 Å². The number of piperidine rings is 1. The minimum absolute atomic E-state index is 0.0216. The molecule has 0 spiro atoms. The summed E-state index contributed by atoms with van der Waals surface area (Å²) in [6.07, 6.45) is -4.92. The molecule has 0 aliphatic carbocycles. The molecule has 4 rings (SSSR count). The molecule has 228 valence electrons. The van der Waals surface area contributed by atoms with Crippen LogP contribution in [0.25, 0.3) is 10.9 Å². The Kier molecular flexibility index (Phi) is 9.31. The number of pyridine rings is 1. The minimum Gasteiger partial charge on any atom is -0.481 e. The second-order valence-electron chi connectivity index (χ2n) is 10.1. The lowest BCUT2D eigenvalue weighted by atomic mass is 9.97. The summed E-state index contributed by atoms with van der Waals surface area (Å²) in [4.78, 5) is 23.4. The quantitative estimate of drug-likeness (QED) is 0.216. The average Bonchev–Trinajstić information content (AvgIpc) is 2.96. The number of nitrogens with two attached hydrogens (primary N) is 1. The number of aliphatic carboxylic acids is 1. The number of nitrogens with zero attached hydrogens (tertiary/aromatic N) is 4. The summed E-state index contributed by atoms with van der Waals surface area (Å²) in [5.41, 5.74) is 4.46. The number of halogens is 6. The van der Waals surface area contributed by atoms with Crippen LogP contribution in [0.1, 0.15) is 35.1 Å². The van der Waals surface area contributed by atoms with Gasteiger partial charge in [-0.3, -0.25) is 9.78 Å². The van der Waals surface area contributed by atoms with Crippen LogP contribution < -0.4 is 5.73 Å². The molecule has 1 aliphatic heterocycles. The maximum Gasteiger partial charge on any atom is 0.416 e. The monoisotopic (exact) mass is 605 g/mol. The number of hydrogen-bond donors (Lipinski definition) is 2. The molecule has 1 saturated heterocycles. The van der Waals surface area contributed by atoms with Gasteiger partial charge < -0.3 is 20.6 Å². The Labute approximate surface area is 243 Å². The number of alkyl halides is 6. The Bertz CT molecular complexity index is 1500. The maximum absolute atomic E-state index is 13.6. The number of carboxylic acid groups (broad SMARTS) is 1. The van der Waals surface area contributed by atoms with Crippen molar-refractivity contribution in [2.45, 2.75) is 38.3 Å². The SMILES string of the molecule is C=C(/N=C\C(=C/N)N1CCC(C(=O)O)CC1)N(Cc1cc(C(F)(F)F)cc(C(F)(F)F)c1)Cc1cccc2cccnc12. The van der Waals surface area contributed by atoms with Gasteiger partial charge in [0.2, 0.25) is 0 Å². The fourth-order valence-electron chi connectivity index (χ4n) is 4.91. The number of carboxylic acids is 1. The lowest BCUT2D eigenvalue weighted by Gasteiger charge is -2.32. The summed E-state index contributed by atoms with van der Waals surface area (Å²) in [5.74, 6) is -1.29. The van der Waals surface area contributed by atoms with Crippen molar-refractivity contribution >= 4 is 23.1 Å². The van der Waals surface area contributed by atoms with Crippen molar-refractivity contribution in [3.8, 4) is 0 Å². The van der Waals surface area contributed by atoms with Crippen molar-refractivity contribution in [3.05, 3.63) is 101 Å². The van der Waals surface area contributed by atoms with Gasteiger partial charge in [-0.2, -0.15) is 26.3 Å². The van der Waals surface area contributed by atoms with Gasteiger partial charge in [-0.15, -0.1) is 0 Å². The van der Waals surface area contributed by atoms with Crippen molar-refractivity contribution < 1.29 is 36.2 Å². The van der Waals surface area contributed by atoms with Crippen LogP contribution >= 0.6 is 0 Å². The van der Waals surface area contributed by atoms with Crippen LogP contribution in [0.4, 0.5) is 26.3 Å². The van der Waals surface area contributed by atoms with E-state index >= 15 is 0 Å². The smallest absolute Gasteiger partial charge is 0.416 e. The molecule has 0 radical (unpaired) electrons. The number of allylic oxidation sites excluding steroid dienone is 1. The number of likely N-dealkylation sites (tertiary alicyclic amines) is 1. The molecular formula is C30H29F6N5O2. The predicted molar refractivity (Wildman–Crippen MR) is 149 cm³/mol. The third-order valence-electron chi connectivity index (χ3n) is 7.19. The number of aliphatic imine (C=N–C) groups is 1. The zero-order chi connectivity index (χ0) is 31.4. The number of para-hydroxylation sites is 1. The summed E-state index contributed by atoms with van der Waals surface area (Å²) in [5, 5.41) is 10.1. The Morgan fingerprint density at radius 1 is 1.05 bits per heavy atom. The molecular weight excluding hydrogens is 576 g/mol. The molecule has 0 bridgehead atoms. The maximum atomic E-state index is 13.6. The van der Waals surface area contributed by atoms with Crippen LogP contribution in [-0.2, 0) is 30.2 Å². The first-order valence-corrected chi connectivity index (χ1v) is 13.2. The van der Waals surface area contributed by atoms with Crippen LogP contribution in [0.15, 0.2) is 84.0 Å². The largest absolute Gasteiger partial charge is 0.481 e. The number of aromatic nitrogens is 1. The third kappa shape index (κ3) is 7.85. The van der Waals surface area contributed by atoms with Gasteiger partial charge in [-0.1, -0.05) is 30.8 Å². The van der Waals surface area contributed by atoms with Gasteiger partial charge in [-0.25, -0.2) is 4.99 Å². The van der Waals surface area contributed by atoms with Crippen molar-refractivity contribution in [1.82, 2.24) is 14.8 Å². The number of hydrogen-bond acceptors (Lipinski definition) is 6. The number of rotatable bonds is 9. The second-order valence-corrected chi connectivity index (χ2v) is 10.1. The highest BCUT2D eigenvalue weighted by Gasteiger charge is 2.37. The fraction of sp³-hybridized carbons (Fsp3) is 0.300. The van der Waals surface area contributed by atoms with Crippen molar-refractivity contribution in [1.29, 1.82) is 0 Å². The zero-order valence-electron chi connectivity index (χ0n) is 22.9. The molecule has 1 fully saturated rings. The van der Waals surface area contributed by atoms with E-state index in [0.29, 0.717) is 54.8 Å². The Hall–Kier alpha value is -4.55. The first-order valence-electron chi connectivity index (χ1n) is 13.2. The summed E-state index contributed by atoms with van der Waals surface area (Å²) >= 11 is 0. The Morgan fingerprint density at radius 3 is 2.26 bits per heavy atom. The molecule has 13 heteroatoms. The summed E-state index contributed by atoms with van der Waals surface area (Å²) in [6.45, 7) is 4.42. The van der Waals surface area contributed by atoms with Gasteiger partial charge in [-0.05, 0) is 48.2 Å². The predicted octanol–water partition coefficient (Wildman–Crippen LogP) is 6.41. The van der Waals surface area contributed by atoms with Crippen molar-refractivity contribution in [2.75, 3.05) is 13.1 Å². The van der Waals surface area contributed by atoms with Crippen molar-refractivity contribution in [2.24, 2.45) is 16.6 Å². The van der Waals surface area contributed by atoms with E-state index < -0.39 is 35.4 Å². The molecule has 43 heavy (non-hydrogen) atoms. The highest BCUT2D eigenvalue weighted by Crippen LogP contribution is 2.37. The molecule has 0 unspecified atom stereocenters. The molecule has 0 amide bonds. The van der Waals surface area contributed by atoms with E-state index in [9.17, 15) is 36.2 Å². The highest BCUT2D eigenvalue weighted by atomic mass is 19.4. The van der Waals surface area contributed by atoms with Crippen molar-refractivity contribution in [3.63, 3.8) is 0 Å². The zero-order valence-corrected chi connectivity index (χ0v) is 22.9. The van der Waals surface area contributed by atoms with E-state index in [4.69, 9.17) is 5.73 Å². The van der Waals surface area contributed by atoms with Gasteiger partial charge >= 0.3 is 18.3 Å². The third-order valence-corrected chi connectivity index (χ3v) is 7.19. The van der Waals surface area contributed by atoms with E-state index in [2.05, 4.69) is 16.6 Å². The van der Waals surface area contributed by atoms with Gasteiger partial charge in [0.15, 0.2) is 0 Å². The van der Waals surface area contributed by atoms with Gasteiger partial charge in [0.1, 0.15) is 5.82 Å². The van der Waals surface area contributed by atoms with E-state index in [0.717, 1.165) is 5.39 Å². The van der Waals surface area contributed by atoms with Crippen LogP contribution in [0, 0.1) is 5.92 Å². The number of fused-ring (bicyclic) bond motifs is 1. The normalized spacial score (nSPS) is 15.3. The van der Waals surface area contributed by atoms with E-state index in [1.807, 2.05) is 17.0 Å². The highest BCUT2D eigenvalue weighted by molar-refractivity contribution is 5.81. The molecule has 0 atom stereocenters.